The number of carbonyl (C=O) groups is 1. The number of hydrogen-bond acceptors (Lipinski definition) is 4. The lowest BCUT2D eigenvalue weighted by molar-refractivity contribution is 0.0524. The van der Waals surface area contributed by atoms with Gasteiger partial charge in [0.2, 0.25) is 0 Å². The Balaban J connectivity index is 2.28. The zero-order chi connectivity index (χ0) is 14.0. The molecule has 2 rings (SSSR count). The number of hydrogen-bond donors (Lipinski definition) is 0. The Hall–Kier alpha value is -1.45. The first-order chi connectivity index (χ1) is 8.99. The van der Waals surface area contributed by atoms with Gasteiger partial charge in [0.05, 0.1) is 17.9 Å². The summed E-state index contributed by atoms with van der Waals surface area (Å²) in [5, 5.41) is 0. The number of ether oxygens (including phenoxy) is 1. The lowest BCUT2D eigenvalue weighted by Crippen LogP contribution is -2.12. The number of aryl methyl sites for hydroxylation is 1. The van der Waals surface area contributed by atoms with Crippen LogP contribution >= 0.6 is 0 Å². The van der Waals surface area contributed by atoms with Gasteiger partial charge >= 0.3 is 5.97 Å². The van der Waals surface area contributed by atoms with Gasteiger partial charge in [0.15, 0.2) is 0 Å². The second-order valence-corrected chi connectivity index (χ2v) is 5.80. The van der Waals surface area contributed by atoms with E-state index in [2.05, 4.69) is 30.7 Å². The summed E-state index contributed by atoms with van der Waals surface area (Å²) in [6.45, 7) is 8.71. The molecule has 0 N–H and O–H groups in total. The highest BCUT2D eigenvalue weighted by atomic mass is 16.5. The number of nitrogens with zero attached hydrogens (tertiary/aromatic N) is 2. The molecule has 4 heteroatoms. The van der Waals surface area contributed by atoms with E-state index in [0.29, 0.717) is 23.5 Å². The topological polar surface area (TPSA) is 52.1 Å². The van der Waals surface area contributed by atoms with Gasteiger partial charge in [-0.15, -0.1) is 0 Å². The second kappa shape index (κ2) is 5.27. The van der Waals surface area contributed by atoms with E-state index in [9.17, 15) is 4.79 Å². The SMILES string of the molecule is CCCc1nc(C2CC2(C)C)ncc1C(=O)OCC. The fourth-order valence-electron chi connectivity index (χ4n) is 2.32. The van der Waals surface area contributed by atoms with Crippen molar-refractivity contribution in [3.63, 3.8) is 0 Å². The van der Waals surface area contributed by atoms with Gasteiger partial charge in [0.1, 0.15) is 5.82 Å². The minimum Gasteiger partial charge on any atom is -0.462 e. The van der Waals surface area contributed by atoms with E-state index >= 15 is 0 Å². The summed E-state index contributed by atoms with van der Waals surface area (Å²) in [7, 11) is 0. The fourth-order valence-corrected chi connectivity index (χ4v) is 2.32. The highest BCUT2D eigenvalue weighted by Crippen LogP contribution is 2.57. The quantitative estimate of drug-likeness (QED) is 0.765. The van der Waals surface area contributed by atoms with Crippen molar-refractivity contribution in [3.05, 3.63) is 23.3 Å². The lowest BCUT2D eigenvalue weighted by atomic mass is 10.1. The first kappa shape index (κ1) is 14.0. The molecule has 1 saturated carbocycles. The smallest absolute Gasteiger partial charge is 0.341 e. The third kappa shape index (κ3) is 2.94. The van der Waals surface area contributed by atoms with Gasteiger partial charge in [-0.05, 0) is 25.2 Å². The van der Waals surface area contributed by atoms with Crippen LogP contribution < -0.4 is 0 Å². The maximum Gasteiger partial charge on any atom is 0.341 e. The van der Waals surface area contributed by atoms with Crippen molar-refractivity contribution in [2.24, 2.45) is 5.41 Å². The molecule has 1 heterocycles. The number of carbonyl (C=O) groups excluding carboxylic acids is 1. The van der Waals surface area contributed by atoms with Crippen LogP contribution in [0.4, 0.5) is 0 Å². The van der Waals surface area contributed by atoms with Gasteiger partial charge < -0.3 is 4.74 Å². The second-order valence-electron chi connectivity index (χ2n) is 5.80. The Bertz CT molecular complexity index is 483. The van der Waals surface area contributed by atoms with Crippen LogP contribution in [0, 0.1) is 5.41 Å². The zero-order valence-electron chi connectivity index (χ0n) is 12.2. The summed E-state index contributed by atoms with van der Waals surface area (Å²) in [5.74, 6) is 0.994. The van der Waals surface area contributed by atoms with Gasteiger partial charge in [-0.2, -0.15) is 0 Å². The standard InChI is InChI=1S/C15H22N2O2/c1-5-7-12-10(14(18)19-6-2)9-16-13(17-12)11-8-15(11,3)4/h9,11H,5-8H2,1-4H3. The molecule has 0 amide bonds. The summed E-state index contributed by atoms with van der Waals surface area (Å²) >= 11 is 0. The predicted octanol–water partition coefficient (Wildman–Crippen LogP) is 3.12. The van der Waals surface area contributed by atoms with Crippen LogP contribution in [0.5, 0.6) is 0 Å². The van der Waals surface area contributed by atoms with Crippen molar-refractivity contribution in [1.82, 2.24) is 9.97 Å². The number of aromatic nitrogens is 2. The van der Waals surface area contributed by atoms with E-state index < -0.39 is 0 Å². The predicted molar refractivity (Wildman–Crippen MR) is 73.1 cm³/mol. The molecule has 1 aromatic heterocycles. The number of rotatable bonds is 5. The monoisotopic (exact) mass is 262 g/mol. The van der Waals surface area contributed by atoms with Crippen molar-refractivity contribution < 1.29 is 9.53 Å². The zero-order valence-corrected chi connectivity index (χ0v) is 12.2. The Labute approximate surface area is 114 Å². The molecule has 4 nitrogen and oxygen atoms in total. The normalized spacial score (nSPS) is 20.1. The molecule has 19 heavy (non-hydrogen) atoms. The molecular weight excluding hydrogens is 240 g/mol. The van der Waals surface area contributed by atoms with Crippen LogP contribution in [-0.2, 0) is 11.2 Å². The van der Waals surface area contributed by atoms with Crippen LogP contribution in [-0.4, -0.2) is 22.5 Å². The van der Waals surface area contributed by atoms with Crippen molar-refractivity contribution in [2.75, 3.05) is 6.61 Å². The molecule has 1 aliphatic rings. The molecule has 0 saturated heterocycles. The highest BCUT2D eigenvalue weighted by molar-refractivity contribution is 5.90. The van der Waals surface area contributed by atoms with Crippen LogP contribution in [0.2, 0.25) is 0 Å². The molecule has 0 aliphatic heterocycles. The van der Waals surface area contributed by atoms with E-state index in [0.717, 1.165) is 30.8 Å². The van der Waals surface area contributed by atoms with Crippen LogP contribution in [0.15, 0.2) is 6.20 Å². The minimum atomic E-state index is -0.312. The van der Waals surface area contributed by atoms with Gasteiger partial charge in [-0.25, -0.2) is 14.8 Å². The van der Waals surface area contributed by atoms with Gasteiger partial charge in [0, 0.05) is 12.1 Å². The average molecular weight is 262 g/mol. The van der Waals surface area contributed by atoms with Gasteiger partial charge in [-0.1, -0.05) is 27.2 Å². The van der Waals surface area contributed by atoms with Gasteiger partial charge in [-0.3, -0.25) is 0 Å². The first-order valence-electron chi connectivity index (χ1n) is 7.02. The van der Waals surface area contributed by atoms with Crippen LogP contribution in [0.1, 0.15) is 68.3 Å². The van der Waals surface area contributed by atoms with E-state index in [4.69, 9.17) is 4.74 Å². The lowest BCUT2D eigenvalue weighted by Gasteiger charge is -2.09. The van der Waals surface area contributed by atoms with Crippen molar-refractivity contribution in [1.29, 1.82) is 0 Å². The van der Waals surface area contributed by atoms with Crippen molar-refractivity contribution >= 4 is 5.97 Å². The summed E-state index contributed by atoms with van der Waals surface area (Å²) in [5.41, 5.74) is 1.65. The average Bonchev–Trinajstić information content (AvgIpc) is 2.99. The molecule has 0 bridgehead atoms. The molecule has 1 aliphatic carbocycles. The molecule has 0 aromatic carbocycles. The molecule has 1 unspecified atom stereocenters. The first-order valence-corrected chi connectivity index (χ1v) is 7.02. The maximum absolute atomic E-state index is 11.9. The summed E-state index contributed by atoms with van der Waals surface area (Å²) in [6, 6.07) is 0. The largest absolute Gasteiger partial charge is 0.462 e. The van der Waals surface area contributed by atoms with E-state index in [1.54, 1.807) is 13.1 Å². The molecule has 1 fully saturated rings. The Morgan fingerprint density at radius 2 is 2.16 bits per heavy atom. The molecule has 0 radical (unpaired) electrons. The third-order valence-electron chi connectivity index (χ3n) is 3.69. The Morgan fingerprint density at radius 1 is 1.47 bits per heavy atom. The van der Waals surface area contributed by atoms with E-state index in [1.807, 2.05) is 0 Å². The Kier molecular flexibility index (Phi) is 3.88. The Morgan fingerprint density at radius 3 is 2.68 bits per heavy atom. The third-order valence-corrected chi connectivity index (χ3v) is 3.69. The van der Waals surface area contributed by atoms with E-state index in [-0.39, 0.29) is 5.97 Å². The van der Waals surface area contributed by atoms with Crippen molar-refractivity contribution in [3.8, 4) is 0 Å². The fraction of sp³-hybridized carbons (Fsp3) is 0.667. The molecule has 1 atom stereocenters. The van der Waals surface area contributed by atoms with Crippen molar-refractivity contribution in [2.45, 2.75) is 52.9 Å². The summed E-state index contributed by atoms with van der Waals surface area (Å²) < 4.78 is 5.05. The number of esters is 1. The summed E-state index contributed by atoms with van der Waals surface area (Å²) in [6.07, 6.45) is 4.50. The minimum absolute atomic E-state index is 0.301. The maximum atomic E-state index is 11.9. The summed E-state index contributed by atoms with van der Waals surface area (Å²) in [4.78, 5) is 20.8. The van der Waals surface area contributed by atoms with Crippen LogP contribution in [0.25, 0.3) is 0 Å². The van der Waals surface area contributed by atoms with Gasteiger partial charge in [0.25, 0.3) is 0 Å². The molecule has 1 aromatic rings. The molecule has 104 valence electrons. The van der Waals surface area contributed by atoms with Crippen LogP contribution in [0.3, 0.4) is 0 Å². The highest BCUT2D eigenvalue weighted by Gasteiger charge is 2.48. The molecule has 0 spiro atoms. The van der Waals surface area contributed by atoms with E-state index in [1.165, 1.54) is 0 Å². The molecular formula is C15H22N2O2.